The predicted molar refractivity (Wildman–Crippen MR) is 81.2 cm³/mol. The fourth-order valence-corrected chi connectivity index (χ4v) is 2.71. The standard InChI is InChI=1S/C15H12BrClF3N/c16-13-5-4-10(8-12(13)15(18,19)20)14(21)7-9-2-1-3-11(17)6-9/h1-6,8,14H,7,21H2. The molecule has 0 saturated carbocycles. The number of hydrogen-bond acceptors (Lipinski definition) is 1. The Bertz CT molecular complexity index is 643. The van der Waals surface area contributed by atoms with E-state index in [9.17, 15) is 13.2 Å². The van der Waals surface area contributed by atoms with Crippen LogP contribution in [0.2, 0.25) is 5.02 Å². The van der Waals surface area contributed by atoms with Crippen LogP contribution in [0.5, 0.6) is 0 Å². The van der Waals surface area contributed by atoms with Gasteiger partial charge in [0, 0.05) is 15.5 Å². The third kappa shape index (κ3) is 4.22. The highest BCUT2D eigenvalue weighted by molar-refractivity contribution is 9.10. The molecule has 1 unspecified atom stereocenters. The number of alkyl halides is 3. The van der Waals surface area contributed by atoms with Crippen LogP contribution in [0.15, 0.2) is 46.9 Å². The van der Waals surface area contributed by atoms with Crippen molar-refractivity contribution in [3.63, 3.8) is 0 Å². The highest BCUT2D eigenvalue weighted by Gasteiger charge is 2.33. The van der Waals surface area contributed by atoms with E-state index >= 15 is 0 Å². The maximum atomic E-state index is 12.9. The van der Waals surface area contributed by atoms with Crippen LogP contribution < -0.4 is 5.73 Å². The first kappa shape index (κ1) is 16.3. The van der Waals surface area contributed by atoms with Crippen LogP contribution in [0.1, 0.15) is 22.7 Å². The quantitative estimate of drug-likeness (QED) is 0.764. The summed E-state index contributed by atoms with van der Waals surface area (Å²) in [7, 11) is 0. The second kappa shape index (κ2) is 6.38. The SMILES string of the molecule is NC(Cc1cccc(Cl)c1)c1ccc(Br)c(C(F)(F)F)c1. The van der Waals surface area contributed by atoms with E-state index in [2.05, 4.69) is 15.9 Å². The first-order valence-corrected chi connectivity index (χ1v) is 7.31. The Morgan fingerprint density at radius 2 is 1.86 bits per heavy atom. The van der Waals surface area contributed by atoms with E-state index in [4.69, 9.17) is 17.3 Å². The summed E-state index contributed by atoms with van der Waals surface area (Å²) in [6.07, 6.45) is -4.00. The van der Waals surface area contributed by atoms with Crippen molar-refractivity contribution >= 4 is 27.5 Å². The molecule has 21 heavy (non-hydrogen) atoms. The van der Waals surface area contributed by atoms with Crippen molar-refractivity contribution in [2.75, 3.05) is 0 Å². The minimum atomic E-state index is -4.41. The maximum Gasteiger partial charge on any atom is 0.417 e. The largest absolute Gasteiger partial charge is 0.417 e. The summed E-state index contributed by atoms with van der Waals surface area (Å²) in [4.78, 5) is 0. The van der Waals surface area contributed by atoms with Gasteiger partial charge in [0.05, 0.1) is 5.56 Å². The minimum Gasteiger partial charge on any atom is -0.324 e. The maximum absolute atomic E-state index is 12.9. The van der Waals surface area contributed by atoms with Gasteiger partial charge in [-0.1, -0.05) is 45.7 Å². The van der Waals surface area contributed by atoms with E-state index in [1.165, 1.54) is 6.07 Å². The van der Waals surface area contributed by atoms with Gasteiger partial charge in [0.2, 0.25) is 0 Å². The molecule has 0 fully saturated rings. The van der Waals surface area contributed by atoms with Crippen LogP contribution in [-0.2, 0) is 12.6 Å². The Morgan fingerprint density at radius 1 is 1.14 bits per heavy atom. The van der Waals surface area contributed by atoms with Crippen molar-refractivity contribution in [3.8, 4) is 0 Å². The average molecular weight is 379 g/mol. The van der Waals surface area contributed by atoms with Crippen molar-refractivity contribution in [3.05, 3.63) is 68.7 Å². The summed E-state index contributed by atoms with van der Waals surface area (Å²) in [6.45, 7) is 0. The molecule has 2 N–H and O–H groups in total. The van der Waals surface area contributed by atoms with Gasteiger partial charge >= 0.3 is 6.18 Å². The molecule has 0 aliphatic rings. The van der Waals surface area contributed by atoms with Gasteiger partial charge in [-0.2, -0.15) is 13.2 Å². The molecule has 0 amide bonds. The van der Waals surface area contributed by atoms with E-state index < -0.39 is 17.8 Å². The van der Waals surface area contributed by atoms with Crippen LogP contribution in [-0.4, -0.2) is 0 Å². The lowest BCUT2D eigenvalue weighted by atomic mass is 9.98. The number of nitrogens with two attached hydrogens (primary N) is 1. The van der Waals surface area contributed by atoms with Crippen molar-refractivity contribution in [2.24, 2.45) is 5.73 Å². The zero-order valence-corrected chi connectivity index (χ0v) is 13.1. The van der Waals surface area contributed by atoms with Crippen molar-refractivity contribution in [2.45, 2.75) is 18.6 Å². The summed E-state index contributed by atoms with van der Waals surface area (Å²) in [6, 6.07) is 10.6. The molecule has 1 atom stereocenters. The Labute approximate surface area is 134 Å². The zero-order valence-electron chi connectivity index (χ0n) is 10.8. The van der Waals surface area contributed by atoms with Gasteiger partial charge in [0.25, 0.3) is 0 Å². The topological polar surface area (TPSA) is 26.0 Å². The minimum absolute atomic E-state index is 0.00806. The molecule has 2 aromatic carbocycles. The van der Waals surface area contributed by atoms with E-state index in [1.54, 1.807) is 24.3 Å². The molecule has 2 rings (SSSR count). The van der Waals surface area contributed by atoms with Gasteiger partial charge in [0.1, 0.15) is 0 Å². The summed E-state index contributed by atoms with van der Waals surface area (Å²) < 4.78 is 38.7. The fourth-order valence-electron chi connectivity index (χ4n) is 2.03. The van der Waals surface area contributed by atoms with Crippen LogP contribution in [0, 0.1) is 0 Å². The molecule has 2 aromatic rings. The van der Waals surface area contributed by atoms with E-state index in [0.29, 0.717) is 17.0 Å². The number of hydrogen-bond donors (Lipinski definition) is 1. The molecule has 0 aliphatic carbocycles. The molecule has 0 saturated heterocycles. The first-order valence-electron chi connectivity index (χ1n) is 6.14. The van der Waals surface area contributed by atoms with Gasteiger partial charge in [-0.3, -0.25) is 0 Å². The summed E-state index contributed by atoms with van der Waals surface area (Å²) >= 11 is 8.80. The van der Waals surface area contributed by atoms with Crippen molar-refractivity contribution in [1.82, 2.24) is 0 Å². The Hall–Kier alpha value is -1.04. The fraction of sp³-hybridized carbons (Fsp3) is 0.200. The third-order valence-electron chi connectivity index (χ3n) is 3.07. The van der Waals surface area contributed by atoms with Gasteiger partial charge in [-0.15, -0.1) is 0 Å². The van der Waals surface area contributed by atoms with Gasteiger partial charge < -0.3 is 5.73 Å². The predicted octanol–water partition coefficient (Wildman–Crippen LogP) is 5.36. The van der Waals surface area contributed by atoms with Crippen LogP contribution in [0.3, 0.4) is 0 Å². The smallest absolute Gasteiger partial charge is 0.324 e. The van der Waals surface area contributed by atoms with Gasteiger partial charge in [-0.25, -0.2) is 0 Å². The van der Waals surface area contributed by atoms with Crippen LogP contribution in [0.4, 0.5) is 13.2 Å². The summed E-state index contributed by atoms with van der Waals surface area (Å²) in [5.41, 5.74) is 6.61. The van der Waals surface area contributed by atoms with E-state index in [1.807, 2.05) is 6.07 Å². The molecule has 0 aliphatic heterocycles. The molecule has 0 radical (unpaired) electrons. The lowest BCUT2D eigenvalue weighted by Crippen LogP contribution is -2.15. The monoisotopic (exact) mass is 377 g/mol. The number of halogens is 5. The van der Waals surface area contributed by atoms with Crippen molar-refractivity contribution < 1.29 is 13.2 Å². The second-order valence-corrected chi connectivity index (χ2v) is 5.97. The molecular formula is C15H12BrClF3N. The number of rotatable bonds is 3. The van der Waals surface area contributed by atoms with E-state index in [0.717, 1.165) is 11.6 Å². The molecule has 0 spiro atoms. The number of benzene rings is 2. The zero-order chi connectivity index (χ0) is 15.6. The molecular weight excluding hydrogens is 367 g/mol. The highest BCUT2D eigenvalue weighted by atomic mass is 79.9. The first-order chi connectivity index (χ1) is 9.77. The lowest BCUT2D eigenvalue weighted by molar-refractivity contribution is -0.138. The molecule has 1 nitrogen and oxygen atoms in total. The molecule has 0 bridgehead atoms. The average Bonchev–Trinajstić information content (AvgIpc) is 2.37. The molecule has 0 heterocycles. The van der Waals surface area contributed by atoms with Crippen LogP contribution in [0.25, 0.3) is 0 Å². The normalized spacial score (nSPS) is 13.2. The Balaban J connectivity index is 2.25. The van der Waals surface area contributed by atoms with E-state index in [-0.39, 0.29) is 4.47 Å². The highest BCUT2D eigenvalue weighted by Crippen LogP contribution is 2.36. The van der Waals surface area contributed by atoms with Crippen LogP contribution >= 0.6 is 27.5 Å². The van der Waals surface area contributed by atoms with Gasteiger partial charge in [0.15, 0.2) is 0 Å². The third-order valence-corrected chi connectivity index (χ3v) is 4.00. The Morgan fingerprint density at radius 3 is 2.48 bits per heavy atom. The van der Waals surface area contributed by atoms with Gasteiger partial charge in [-0.05, 0) is 41.8 Å². The second-order valence-electron chi connectivity index (χ2n) is 4.68. The molecule has 112 valence electrons. The molecule has 0 aromatic heterocycles. The lowest BCUT2D eigenvalue weighted by Gasteiger charge is -2.16. The Kier molecular flexibility index (Phi) is 4.96. The van der Waals surface area contributed by atoms with Crippen molar-refractivity contribution in [1.29, 1.82) is 0 Å². The molecule has 6 heteroatoms. The summed E-state index contributed by atoms with van der Waals surface area (Å²) in [5.74, 6) is 0. The summed E-state index contributed by atoms with van der Waals surface area (Å²) in [5, 5.41) is 0.575.